The van der Waals surface area contributed by atoms with E-state index in [4.69, 9.17) is 5.73 Å². The van der Waals surface area contributed by atoms with Gasteiger partial charge in [0.25, 0.3) is 0 Å². The lowest BCUT2D eigenvalue weighted by atomic mass is 9.88. The Balaban J connectivity index is 2.84. The SMILES string of the molecule is CCC(C)CC(N)c1snnc1C(C)(C)C. The van der Waals surface area contributed by atoms with Gasteiger partial charge in [0.1, 0.15) is 0 Å². The Morgan fingerprint density at radius 1 is 1.38 bits per heavy atom. The monoisotopic (exact) mass is 241 g/mol. The average Bonchev–Trinajstić information content (AvgIpc) is 2.65. The first-order valence-corrected chi connectivity index (χ1v) is 6.71. The van der Waals surface area contributed by atoms with Crippen molar-refractivity contribution in [3.05, 3.63) is 10.6 Å². The second-order valence-corrected chi connectivity index (χ2v) is 6.38. The lowest BCUT2D eigenvalue weighted by Crippen LogP contribution is -2.20. The van der Waals surface area contributed by atoms with Crippen molar-refractivity contribution in [3.63, 3.8) is 0 Å². The summed E-state index contributed by atoms with van der Waals surface area (Å²) in [5, 5.41) is 4.23. The Kier molecular flexibility index (Phi) is 4.44. The summed E-state index contributed by atoms with van der Waals surface area (Å²) in [6.07, 6.45) is 2.19. The smallest absolute Gasteiger partial charge is 0.0856 e. The molecule has 0 aromatic carbocycles. The highest BCUT2D eigenvalue weighted by Gasteiger charge is 2.25. The minimum atomic E-state index is 0.0371. The highest BCUT2D eigenvalue weighted by Crippen LogP contribution is 2.32. The molecule has 1 heterocycles. The summed E-state index contributed by atoms with van der Waals surface area (Å²) in [7, 11) is 0. The molecular weight excluding hydrogens is 218 g/mol. The van der Waals surface area contributed by atoms with Crippen LogP contribution >= 0.6 is 11.5 Å². The van der Waals surface area contributed by atoms with Gasteiger partial charge in [-0.25, -0.2) is 0 Å². The Labute approximate surface area is 103 Å². The van der Waals surface area contributed by atoms with E-state index < -0.39 is 0 Å². The van der Waals surface area contributed by atoms with Crippen LogP contribution in [-0.4, -0.2) is 9.59 Å². The molecule has 2 N–H and O–H groups in total. The molecule has 0 aliphatic carbocycles. The van der Waals surface area contributed by atoms with Gasteiger partial charge in [-0.1, -0.05) is 45.5 Å². The zero-order chi connectivity index (χ0) is 12.3. The molecule has 0 radical (unpaired) electrons. The normalized spacial score (nSPS) is 16.1. The molecule has 0 amide bonds. The van der Waals surface area contributed by atoms with E-state index in [2.05, 4.69) is 44.2 Å². The molecule has 0 aliphatic heterocycles. The Morgan fingerprint density at radius 3 is 2.50 bits per heavy atom. The van der Waals surface area contributed by atoms with E-state index in [-0.39, 0.29) is 11.5 Å². The molecule has 4 heteroatoms. The predicted molar refractivity (Wildman–Crippen MR) is 69.6 cm³/mol. The van der Waals surface area contributed by atoms with Gasteiger partial charge < -0.3 is 5.73 Å². The maximum absolute atomic E-state index is 6.24. The van der Waals surface area contributed by atoms with E-state index >= 15 is 0 Å². The molecule has 1 rings (SSSR count). The first-order valence-electron chi connectivity index (χ1n) is 5.94. The quantitative estimate of drug-likeness (QED) is 0.880. The summed E-state index contributed by atoms with van der Waals surface area (Å²) < 4.78 is 4.05. The summed E-state index contributed by atoms with van der Waals surface area (Å²) in [5.74, 6) is 0.657. The molecule has 1 aromatic rings. The van der Waals surface area contributed by atoms with Crippen molar-refractivity contribution in [2.24, 2.45) is 11.7 Å². The van der Waals surface area contributed by atoms with Gasteiger partial charge in [0.2, 0.25) is 0 Å². The standard InChI is InChI=1S/C12H23N3S/c1-6-8(2)7-9(13)10-11(12(3,4)5)14-15-16-10/h8-9H,6-7,13H2,1-5H3. The van der Waals surface area contributed by atoms with Crippen LogP contribution in [0.25, 0.3) is 0 Å². The molecule has 3 nitrogen and oxygen atoms in total. The van der Waals surface area contributed by atoms with Gasteiger partial charge in [-0.05, 0) is 23.9 Å². The summed E-state index contributed by atoms with van der Waals surface area (Å²) >= 11 is 1.45. The van der Waals surface area contributed by atoms with Crippen LogP contribution in [0.3, 0.4) is 0 Å². The summed E-state index contributed by atoms with van der Waals surface area (Å²) in [6.45, 7) is 10.9. The van der Waals surface area contributed by atoms with Crippen molar-refractivity contribution in [1.29, 1.82) is 0 Å². The number of hydrogen-bond donors (Lipinski definition) is 1. The Morgan fingerprint density at radius 2 is 2.00 bits per heavy atom. The summed E-state index contributed by atoms with van der Waals surface area (Å²) in [6, 6.07) is 0.0872. The summed E-state index contributed by atoms with van der Waals surface area (Å²) in [4.78, 5) is 1.16. The number of nitrogens with zero attached hydrogens (tertiary/aromatic N) is 2. The Hall–Kier alpha value is -0.480. The number of aromatic nitrogens is 2. The van der Waals surface area contributed by atoms with E-state index in [0.717, 1.165) is 17.0 Å². The van der Waals surface area contributed by atoms with E-state index in [1.807, 2.05) is 0 Å². The van der Waals surface area contributed by atoms with Crippen LogP contribution in [0.1, 0.15) is 64.1 Å². The summed E-state index contributed by atoms with van der Waals surface area (Å²) in [5.41, 5.74) is 7.34. The fraction of sp³-hybridized carbons (Fsp3) is 0.833. The fourth-order valence-electron chi connectivity index (χ4n) is 1.67. The van der Waals surface area contributed by atoms with Gasteiger partial charge in [0.15, 0.2) is 0 Å². The third-order valence-electron chi connectivity index (χ3n) is 2.91. The molecule has 0 aliphatic rings. The number of hydrogen-bond acceptors (Lipinski definition) is 4. The van der Waals surface area contributed by atoms with Crippen molar-refractivity contribution in [2.45, 2.75) is 58.9 Å². The predicted octanol–water partition coefficient (Wildman–Crippen LogP) is 3.27. The first-order chi connectivity index (χ1) is 7.36. The van der Waals surface area contributed by atoms with Crippen LogP contribution in [0.5, 0.6) is 0 Å². The molecule has 1 aromatic heterocycles. The highest BCUT2D eigenvalue weighted by molar-refractivity contribution is 7.05. The minimum absolute atomic E-state index is 0.0371. The van der Waals surface area contributed by atoms with E-state index in [1.165, 1.54) is 18.0 Å². The van der Waals surface area contributed by atoms with Crippen molar-refractivity contribution < 1.29 is 0 Å². The lowest BCUT2D eigenvalue weighted by Gasteiger charge is -2.20. The van der Waals surface area contributed by atoms with Crippen LogP contribution in [0, 0.1) is 5.92 Å². The molecular formula is C12H23N3S. The van der Waals surface area contributed by atoms with Crippen LogP contribution < -0.4 is 5.73 Å². The minimum Gasteiger partial charge on any atom is -0.323 e. The number of rotatable bonds is 4. The molecule has 0 saturated carbocycles. The topological polar surface area (TPSA) is 51.8 Å². The molecule has 2 atom stereocenters. The number of nitrogens with two attached hydrogens (primary N) is 1. The van der Waals surface area contributed by atoms with Crippen molar-refractivity contribution in [3.8, 4) is 0 Å². The van der Waals surface area contributed by atoms with Crippen LogP contribution in [-0.2, 0) is 5.41 Å². The van der Waals surface area contributed by atoms with Crippen LogP contribution in [0.15, 0.2) is 0 Å². The van der Waals surface area contributed by atoms with Crippen LogP contribution in [0.2, 0.25) is 0 Å². The average molecular weight is 241 g/mol. The lowest BCUT2D eigenvalue weighted by molar-refractivity contribution is 0.456. The maximum Gasteiger partial charge on any atom is 0.0856 e. The van der Waals surface area contributed by atoms with Crippen molar-refractivity contribution in [1.82, 2.24) is 9.59 Å². The zero-order valence-electron chi connectivity index (χ0n) is 10.9. The molecule has 2 unspecified atom stereocenters. The van der Waals surface area contributed by atoms with Crippen LogP contribution in [0.4, 0.5) is 0 Å². The van der Waals surface area contributed by atoms with Gasteiger partial charge in [-0.3, -0.25) is 0 Å². The third-order valence-corrected chi connectivity index (χ3v) is 3.77. The van der Waals surface area contributed by atoms with Crippen molar-refractivity contribution in [2.75, 3.05) is 0 Å². The van der Waals surface area contributed by atoms with E-state index in [1.54, 1.807) is 0 Å². The zero-order valence-corrected chi connectivity index (χ0v) is 11.8. The molecule has 0 fully saturated rings. The highest BCUT2D eigenvalue weighted by atomic mass is 32.1. The third kappa shape index (κ3) is 3.25. The Bertz CT molecular complexity index is 327. The maximum atomic E-state index is 6.24. The molecule has 0 spiro atoms. The van der Waals surface area contributed by atoms with Gasteiger partial charge in [0.05, 0.1) is 10.6 Å². The fourth-order valence-corrected chi connectivity index (χ4v) is 2.54. The van der Waals surface area contributed by atoms with Crippen molar-refractivity contribution >= 4 is 11.5 Å². The largest absolute Gasteiger partial charge is 0.323 e. The molecule has 0 bridgehead atoms. The van der Waals surface area contributed by atoms with Gasteiger partial charge >= 0.3 is 0 Å². The first kappa shape index (κ1) is 13.6. The second-order valence-electron chi connectivity index (χ2n) is 5.59. The molecule has 92 valence electrons. The second kappa shape index (κ2) is 5.23. The van der Waals surface area contributed by atoms with Gasteiger partial charge in [0, 0.05) is 11.5 Å². The van der Waals surface area contributed by atoms with E-state index in [9.17, 15) is 0 Å². The molecule has 0 saturated heterocycles. The molecule has 16 heavy (non-hydrogen) atoms. The van der Waals surface area contributed by atoms with E-state index in [0.29, 0.717) is 5.92 Å². The van der Waals surface area contributed by atoms with Gasteiger partial charge in [-0.2, -0.15) is 0 Å². The van der Waals surface area contributed by atoms with Gasteiger partial charge in [-0.15, -0.1) is 5.10 Å².